The Hall–Kier alpha value is -5.21. The molecule has 0 aliphatic carbocycles. The zero-order valence-electron chi connectivity index (χ0n) is 22.3. The summed E-state index contributed by atoms with van der Waals surface area (Å²) < 4.78 is 16.4. The van der Waals surface area contributed by atoms with Crippen LogP contribution < -0.4 is 30.2 Å². The van der Waals surface area contributed by atoms with Crippen LogP contribution in [0.15, 0.2) is 40.6 Å². The Morgan fingerprint density at radius 1 is 1.07 bits per heavy atom. The molecule has 0 spiro atoms. The highest BCUT2D eigenvalue weighted by Crippen LogP contribution is 2.42. The Bertz CT molecular complexity index is 1380. The van der Waals surface area contributed by atoms with E-state index in [9.17, 15) is 24.0 Å². The van der Waals surface area contributed by atoms with Crippen molar-refractivity contribution in [1.29, 1.82) is 0 Å². The number of nitrogens with one attached hydrogen (secondary N) is 3. The fourth-order valence-corrected chi connectivity index (χ4v) is 4.40. The predicted octanol–water partition coefficient (Wildman–Crippen LogP) is 1.64. The molecular formula is C26H28N6O9. The van der Waals surface area contributed by atoms with Crippen molar-refractivity contribution in [2.75, 3.05) is 33.9 Å². The van der Waals surface area contributed by atoms with Crippen molar-refractivity contribution >= 4 is 41.1 Å². The number of amides is 5. The van der Waals surface area contributed by atoms with E-state index >= 15 is 0 Å². The minimum absolute atomic E-state index is 0.0428. The van der Waals surface area contributed by atoms with Gasteiger partial charge in [-0.2, -0.15) is 10.2 Å². The van der Waals surface area contributed by atoms with Crippen LogP contribution in [-0.2, 0) is 20.9 Å². The number of hydrogen-bond acceptors (Lipinski definition) is 10. The summed E-state index contributed by atoms with van der Waals surface area (Å²) in [7, 11) is 2.80. The van der Waals surface area contributed by atoms with Gasteiger partial charge in [-0.1, -0.05) is 6.07 Å². The number of nitrogens with zero attached hydrogens (tertiary/aromatic N) is 3. The lowest BCUT2D eigenvalue weighted by molar-refractivity contribution is -0.137. The van der Waals surface area contributed by atoms with Gasteiger partial charge in [0.25, 0.3) is 11.8 Å². The molecule has 1 atom stereocenters. The molecular weight excluding hydrogens is 540 g/mol. The van der Waals surface area contributed by atoms with E-state index in [-0.39, 0.29) is 68.1 Å². The van der Waals surface area contributed by atoms with E-state index in [2.05, 4.69) is 26.2 Å². The number of carbonyl (C=O) groups is 5. The Balaban J connectivity index is 1.48. The van der Waals surface area contributed by atoms with E-state index in [4.69, 9.17) is 19.3 Å². The van der Waals surface area contributed by atoms with Gasteiger partial charge >= 0.3 is 6.09 Å². The normalized spacial score (nSPS) is 16.3. The molecule has 2 aromatic rings. The van der Waals surface area contributed by atoms with Gasteiger partial charge in [-0.15, -0.1) is 0 Å². The van der Waals surface area contributed by atoms with Crippen LogP contribution in [0.3, 0.4) is 0 Å². The summed E-state index contributed by atoms with van der Waals surface area (Å²) in [5, 5.41) is 24.1. The summed E-state index contributed by atoms with van der Waals surface area (Å²) in [5.41, 5.74) is 1.77. The first-order valence-electron chi connectivity index (χ1n) is 12.5. The first-order valence-corrected chi connectivity index (χ1v) is 12.5. The van der Waals surface area contributed by atoms with Crippen molar-refractivity contribution in [2.24, 2.45) is 10.2 Å². The lowest BCUT2D eigenvalue weighted by Crippen LogP contribution is -2.52. The minimum Gasteiger partial charge on any atom is -0.493 e. The molecule has 5 amide bonds. The highest BCUT2D eigenvalue weighted by atomic mass is 16.5. The number of imide groups is 1. The second-order valence-electron chi connectivity index (χ2n) is 8.95. The topological polar surface area (TPSA) is 197 Å². The first-order chi connectivity index (χ1) is 19.7. The van der Waals surface area contributed by atoms with Gasteiger partial charge in [0.15, 0.2) is 18.1 Å². The van der Waals surface area contributed by atoms with E-state index < -0.39 is 23.9 Å². The average molecular weight is 569 g/mol. The molecule has 2 heterocycles. The number of carbonyl (C=O) groups excluding carboxylic acids is 4. The first kappa shape index (κ1) is 28.8. The van der Waals surface area contributed by atoms with Gasteiger partial charge in [-0.3, -0.25) is 24.5 Å². The fraction of sp³-hybridized carbons (Fsp3) is 0.346. The maximum absolute atomic E-state index is 13.1. The van der Waals surface area contributed by atoms with Crippen LogP contribution in [0.25, 0.3) is 0 Å². The van der Waals surface area contributed by atoms with Gasteiger partial charge in [-0.05, 0) is 18.6 Å². The molecule has 15 nitrogen and oxygen atoms in total. The third kappa shape index (κ3) is 6.69. The maximum atomic E-state index is 13.1. The summed E-state index contributed by atoms with van der Waals surface area (Å²) in [6.07, 6.45) is -0.790. The van der Waals surface area contributed by atoms with Crippen LogP contribution in [0, 0.1) is 0 Å². The van der Waals surface area contributed by atoms with Gasteiger partial charge in [0.2, 0.25) is 17.6 Å². The molecule has 0 saturated carbocycles. The van der Waals surface area contributed by atoms with E-state index in [1.165, 1.54) is 31.3 Å². The van der Waals surface area contributed by atoms with Crippen LogP contribution >= 0.6 is 0 Å². The summed E-state index contributed by atoms with van der Waals surface area (Å²) in [4.78, 5) is 60.9. The fourth-order valence-electron chi connectivity index (χ4n) is 4.40. The van der Waals surface area contributed by atoms with Crippen LogP contribution in [0.4, 0.5) is 16.2 Å². The van der Waals surface area contributed by atoms with Crippen molar-refractivity contribution < 1.29 is 43.3 Å². The molecule has 2 aromatic carbocycles. The molecule has 216 valence electrons. The molecule has 1 saturated heterocycles. The summed E-state index contributed by atoms with van der Waals surface area (Å²) in [5.74, 6) is -1.07. The Morgan fingerprint density at radius 2 is 1.78 bits per heavy atom. The Morgan fingerprint density at radius 3 is 2.44 bits per heavy atom. The van der Waals surface area contributed by atoms with Gasteiger partial charge in [-0.25, -0.2) is 4.79 Å². The van der Waals surface area contributed by atoms with Crippen LogP contribution in [0.2, 0.25) is 0 Å². The number of azo groups is 1. The second-order valence-corrected chi connectivity index (χ2v) is 8.95. The van der Waals surface area contributed by atoms with Crippen molar-refractivity contribution in [3.8, 4) is 17.2 Å². The number of hydrogen-bond donors (Lipinski definition) is 4. The predicted molar refractivity (Wildman–Crippen MR) is 141 cm³/mol. The molecule has 4 rings (SSSR count). The molecule has 2 aliphatic rings. The average Bonchev–Trinajstić information content (AvgIpc) is 3.29. The summed E-state index contributed by atoms with van der Waals surface area (Å²) in [6, 6.07) is 7.32. The largest absolute Gasteiger partial charge is 0.493 e. The molecule has 1 unspecified atom stereocenters. The van der Waals surface area contributed by atoms with Gasteiger partial charge < -0.3 is 34.9 Å². The highest BCUT2D eigenvalue weighted by Gasteiger charge is 2.39. The van der Waals surface area contributed by atoms with Crippen molar-refractivity contribution in [2.45, 2.75) is 25.4 Å². The number of fused-ring (bicyclic) bond motifs is 1. The smallest absolute Gasteiger partial charge is 0.404 e. The standard InChI is InChI=1S/C26H28N6O9/c1-39-19-10-14(11-20(40-2)23(19)41-13-22(34)27-8-9-28-26(37)38)30-31-17-5-3-4-15-16(17)12-32(25(15)36)18-6-7-21(33)29-24(18)35/h3-5,10-11,18,28H,6-9,12-13H2,1-2H3,(H,27,34)(H,37,38)(H,29,33,35). The number of rotatable bonds is 11. The quantitative estimate of drug-likeness (QED) is 0.177. The molecule has 4 N–H and O–H groups in total. The van der Waals surface area contributed by atoms with Crippen LogP contribution in [0.1, 0.15) is 28.8 Å². The maximum Gasteiger partial charge on any atom is 0.404 e. The zero-order valence-corrected chi connectivity index (χ0v) is 22.3. The number of methoxy groups -OCH3 is 2. The number of ether oxygens (including phenoxy) is 3. The van der Waals surface area contributed by atoms with Gasteiger partial charge in [0.05, 0.1) is 25.6 Å². The molecule has 0 aromatic heterocycles. The molecule has 0 radical (unpaired) electrons. The lowest BCUT2D eigenvalue weighted by Gasteiger charge is -2.29. The van der Waals surface area contributed by atoms with E-state index in [0.29, 0.717) is 22.5 Å². The lowest BCUT2D eigenvalue weighted by atomic mass is 10.0. The molecule has 41 heavy (non-hydrogen) atoms. The van der Waals surface area contributed by atoms with E-state index in [1.807, 2.05) is 0 Å². The van der Waals surface area contributed by atoms with E-state index in [1.54, 1.807) is 18.2 Å². The number of benzene rings is 2. The zero-order chi connectivity index (χ0) is 29.5. The van der Waals surface area contributed by atoms with E-state index in [0.717, 1.165) is 0 Å². The summed E-state index contributed by atoms with van der Waals surface area (Å²) >= 11 is 0. The van der Waals surface area contributed by atoms with Gasteiger partial charge in [0.1, 0.15) is 6.04 Å². The van der Waals surface area contributed by atoms with Crippen molar-refractivity contribution in [3.05, 3.63) is 41.5 Å². The number of carboxylic acid groups (broad SMARTS) is 1. The van der Waals surface area contributed by atoms with Gasteiger partial charge in [0, 0.05) is 49.3 Å². The third-order valence-electron chi connectivity index (χ3n) is 6.35. The Kier molecular flexibility index (Phi) is 8.96. The molecule has 2 aliphatic heterocycles. The molecule has 0 bridgehead atoms. The second kappa shape index (κ2) is 12.8. The van der Waals surface area contributed by atoms with Crippen LogP contribution in [-0.4, -0.2) is 79.7 Å². The Labute approximate surface area is 233 Å². The van der Waals surface area contributed by atoms with Crippen LogP contribution in [0.5, 0.6) is 17.2 Å². The SMILES string of the molecule is COc1cc(N=Nc2cccc3c2CN(C2CCC(=O)NC2=O)C3=O)cc(OC)c1OCC(=O)NCCNC(=O)O. The monoisotopic (exact) mass is 568 g/mol. The van der Waals surface area contributed by atoms with Crippen molar-refractivity contribution in [1.82, 2.24) is 20.9 Å². The highest BCUT2D eigenvalue weighted by molar-refractivity contribution is 6.06. The molecule has 15 heteroatoms. The van der Waals surface area contributed by atoms with Crippen molar-refractivity contribution in [3.63, 3.8) is 0 Å². The third-order valence-corrected chi connectivity index (χ3v) is 6.35. The minimum atomic E-state index is -1.19. The number of piperidine rings is 1. The molecule has 1 fully saturated rings. The summed E-state index contributed by atoms with van der Waals surface area (Å²) in [6.45, 7) is -0.110.